The monoisotopic (exact) mass is 203 g/mol. The summed E-state index contributed by atoms with van der Waals surface area (Å²) < 4.78 is 0. The fourth-order valence-corrected chi connectivity index (χ4v) is 1.61. The first-order valence-electron chi connectivity index (χ1n) is 5.10. The topological polar surface area (TPSA) is 37.8 Å². The molecule has 0 aromatic carbocycles. The third-order valence-electron chi connectivity index (χ3n) is 2.44. The molecule has 1 N–H and O–H groups in total. The van der Waals surface area contributed by atoms with Gasteiger partial charge in [-0.2, -0.15) is 10.2 Å². The Labute approximate surface area is 91.3 Å². The number of rotatable bonds is 4. The van der Waals surface area contributed by atoms with Gasteiger partial charge in [-0.3, -0.25) is 0 Å². The lowest BCUT2D eigenvalue weighted by Crippen LogP contribution is -2.18. The van der Waals surface area contributed by atoms with E-state index >= 15 is 0 Å². The Kier molecular flexibility index (Phi) is 4.26. The van der Waals surface area contributed by atoms with Gasteiger partial charge in [0.25, 0.3) is 0 Å². The quantitative estimate of drug-likeness (QED) is 0.758. The highest BCUT2D eigenvalue weighted by molar-refractivity contribution is 5.23. The van der Waals surface area contributed by atoms with Crippen molar-refractivity contribution in [2.45, 2.75) is 32.7 Å². The Morgan fingerprint density at radius 1 is 1.47 bits per heavy atom. The summed E-state index contributed by atoms with van der Waals surface area (Å²) in [4.78, 5) is 0. The maximum absolute atomic E-state index is 5.27. The van der Waals surface area contributed by atoms with Crippen molar-refractivity contribution in [2.75, 3.05) is 7.05 Å². The van der Waals surface area contributed by atoms with Crippen LogP contribution in [-0.4, -0.2) is 17.2 Å². The average Bonchev–Trinajstić information content (AvgIpc) is 2.24. The first kappa shape index (κ1) is 11.7. The zero-order chi connectivity index (χ0) is 11.3. The number of hydrogen-bond donors (Lipinski definition) is 1. The lowest BCUT2D eigenvalue weighted by Gasteiger charge is -2.17. The number of aromatic nitrogens is 2. The van der Waals surface area contributed by atoms with Crippen molar-refractivity contribution in [1.82, 2.24) is 15.5 Å². The zero-order valence-corrected chi connectivity index (χ0v) is 9.54. The minimum absolute atomic E-state index is 0.273. The molecule has 0 spiro atoms. The van der Waals surface area contributed by atoms with Crippen LogP contribution in [0, 0.1) is 26.2 Å². The number of nitrogens with zero attached hydrogens (tertiary/aromatic N) is 2. The van der Waals surface area contributed by atoms with Crippen LogP contribution in [0.3, 0.4) is 0 Å². The van der Waals surface area contributed by atoms with E-state index in [1.165, 1.54) is 5.56 Å². The van der Waals surface area contributed by atoms with Crippen molar-refractivity contribution in [3.8, 4) is 12.3 Å². The van der Waals surface area contributed by atoms with Gasteiger partial charge in [-0.1, -0.05) is 0 Å². The summed E-state index contributed by atoms with van der Waals surface area (Å²) in [6.45, 7) is 3.92. The van der Waals surface area contributed by atoms with E-state index in [0.717, 1.165) is 24.2 Å². The summed E-state index contributed by atoms with van der Waals surface area (Å²) in [5, 5.41) is 11.4. The highest BCUT2D eigenvalue weighted by atomic mass is 15.1. The summed E-state index contributed by atoms with van der Waals surface area (Å²) in [5.74, 6) is 2.66. The molecule has 1 atom stereocenters. The van der Waals surface area contributed by atoms with Crippen LogP contribution < -0.4 is 5.32 Å². The Bertz CT molecular complexity index is 366. The van der Waals surface area contributed by atoms with Gasteiger partial charge in [-0.25, -0.2) is 0 Å². The second kappa shape index (κ2) is 5.47. The highest BCUT2D eigenvalue weighted by Crippen LogP contribution is 2.20. The standard InChI is InChI=1S/C12H17N3/c1-5-6-7-12(13-4)11-8-9(2)14-15-10(11)3/h1,8,12-13H,6-7H2,2-4H3. The van der Waals surface area contributed by atoms with Crippen LogP contribution in [0.5, 0.6) is 0 Å². The van der Waals surface area contributed by atoms with E-state index in [9.17, 15) is 0 Å². The Morgan fingerprint density at radius 2 is 2.20 bits per heavy atom. The Balaban J connectivity index is 2.91. The molecule has 0 aliphatic rings. The van der Waals surface area contributed by atoms with Gasteiger partial charge in [0.1, 0.15) is 0 Å². The van der Waals surface area contributed by atoms with Crippen LogP contribution in [0.4, 0.5) is 0 Å². The maximum atomic E-state index is 5.27. The molecule has 0 amide bonds. The van der Waals surface area contributed by atoms with Gasteiger partial charge in [0, 0.05) is 12.5 Å². The number of hydrogen-bond acceptors (Lipinski definition) is 3. The molecule has 0 bridgehead atoms. The van der Waals surface area contributed by atoms with Crippen LogP contribution in [0.1, 0.15) is 35.8 Å². The fourth-order valence-electron chi connectivity index (χ4n) is 1.61. The third-order valence-corrected chi connectivity index (χ3v) is 2.44. The van der Waals surface area contributed by atoms with Crippen molar-refractivity contribution in [1.29, 1.82) is 0 Å². The molecule has 1 unspecified atom stereocenters. The molecule has 1 rings (SSSR count). The second-order valence-electron chi connectivity index (χ2n) is 3.61. The molecule has 1 heterocycles. The second-order valence-corrected chi connectivity index (χ2v) is 3.61. The minimum atomic E-state index is 0.273. The van der Waals surface area contributed by atoms with E-state index in [0.29, 0.717) is 0 Å². The number of aryl methyl sites for hydroxylation is 2. The largest absolute Gasteiger partial charge is 0.313 e. The van der Waals surface area contributed by atoms with Gasteiger partial charge < -0.3 is 5.32 Å². The first-order chi connectivity index (χ1) is 7.19. The summed E-state index contributed by atoms with van der Waals surface area (Å²) in [5.41, 5.74) is 3.11. The van der Waals surface area contributed by atoms with E-state index in [-0.39, 0.29) is 6.04 Å². The van der Waals surface area contributed by atoms with Crippen molar-refractivity contribution in [3.05, 3.63) is 23.0 Å². The zero-order valence-electron chi connectivity index (χ0n) is 9.54. The molecule has 3 nitrogen and oxygen atoms in total. The van der Waals surface area contributed by atoms with Crippen LogP contribution in [0.25, 0.3) is 0 Å². The summed E-state index contributed by atoms with van der Waals surface area (Å²) >= 11 is 0. The predicted molar refractivity (Wildman–Crippen MR) is 61.4 cm³/mol. The van der Waals surface area contributed by atoms with Crippen molar-refractivity contribution < 1.29 is 0 Å². The van der Waals surface area contributed by atoms with Gasteiger partial charge in [-0.15, -0.1) is 12.3 Å². The molecule has 0 radical (unpaired) electrons. The smallest absolute Gasteiger partial charge is 0.0648 e. The van der Waals surface area contributed by atoms with E-state index in [1.54, 1.807) is 0 Å². The summed E-state index contributed by atoms with van der Waals surface area (Å²) in [7, 11) is 1.94. The third kappa shape index (κ3) is 3.03. The fraction of sp³-hybridized carbons (Fsp3) is 0.500. The molecule has 0 saturated carbocycles. The predicted octanol–water partition coefficient (Wildman–Crippen LogP) is 1.77. The van der Waals surface area contributed by atoms with Gasteiger partial charge in [0.05, 0.1) is 11.4 Å². The van der Waals surface area contributed by atoms with Crippen LogP contribution in [0.2, 0.25) is 0 Å². The van der Waals surface area contributed by atoms with E-state index in [2.05, 4.69) is 27.5 Å². The minimum Gasteiger partial charge on any atom is -0.313 e. The highest BCUT2D eigenvalue weighted by Gasteiger charge is 2.12. The number of terminal acetylenes is 1. The molecule has 15 heavy (non-hydrogen) atoms. The number of nitrogens with one attached hydrogen (secondary N) is 1. The average molecular weight is 203 g/mol. The van der Waals surface area contributed by atoms with E-state index in [4.69, 9.17) is 6.42 Å². The normalized spacial score (nSPS) is 12.1. The van der Waals surface area contributed by atoms with E-state index < -0.39 is 0 Å². The van der Waals surface area contributed by atoms with Crippen molar-refractivity contribution in [3.63, 3.8) is 0 Å². The van der Waals surface area contributed by atoms with Crippen LogP contribution >= 0.6 is 0 Å². The Morgan fingerprint density at radius 3 is 2.80 bits per heavy atom. The Hall–Kier alpha value is -1.40. The maximum Gasteiger partial charge on any atom is 0.0648 e. The van der Waals surface area contributed by atoms with Crippen LogP contribution in [0.15, 0.2) is 6.07 Å². The van der Waals surface area contributed by atoms with Gasteiger partial charge >= 0.3 is 0 Å². The van der Waals surface area contributed by atoms with Crippen molar-refractivity contribution in [2.24, 2.45) is 0 Å². The summed E-state index contributed by atoms with van der Waals surface area (Å²) in [6.07, 6.45) is 6.97. The molecule has 1 aromatic rings. The lowest BCUT2D eigenvalue weighted by molar-refractivity contribution is 0.550. The summed E-state index contributed by atoms with van der Waals surface area (Å²) in [6, 6.07) is 2.34. The first-order valence-corrected chi connectivity index (χ1v) is 5.10. The van der Waals surface area contributed by atoms with Crippen LogP contribution in [-0.2, 0) is 0 Å². The van der Waals surface area contributed by atoms with Gasteiger partial charge in [-0.05, 0) is 38.9 Å². The van der Waals surface area contributed by atoms with E-state index in [1.807, 2.05) is 20.9 Å². The molecule has 0 fully saturated rings. The molecular formula is C12H17N3. The molecule has 0 aliphatic carbocycles. The van der Waals surface area contributed by atoms with Gasteiger partial charge in [0.15, 0.2) is 0 Å². The molecule has 80 valence electrons. The molecule has 1 aromatic heterocycles. The molecule has 3 heteroatoms. The SMILES string of the molecule is C#CCCC(NC)c1cc(C)nnc1C. The molecule has 0 aliphatic heterocycles. The molecular weight excluding hydrogens is 186 g/mol. The van der Waals surface area contributed by atoms with Crippen molar-refractivity contribution >= 4 is 0 Å². The van der Waals surface area contributed by atoms with Gasteiger partial charge in [0.2, 0.25) is 0 Å². The molecule has 0 saturated heterocycles. The lowest BCUT2D eigenvalue weighted by atomic mass is 10.0.